The minimum absolute atomic E-state index is 0.0937. The molecule has 2 saturated heterocycles. The van der Waals surface area contributed by atoms with E-state index in [0.29, 0.717) is 25.4 Å². The number of piperazine rings is 1. The van der Waals surface area contributed by atoms with Gasteiger partial charge in [-0.25, -0.2) is 4.79 Å². The Balaban J connectivity index is 1.91. The van der Waals surface area contributed by atoms with Crippen LogP contribution in [-0.4, -0.2) is 83.7 Å². The van der Waals surface area contributed by atoms with E-state index in [4.69, 9.17) is 9.84 Å². The van der Waals surface area contributed by atoms with E-state index in [-0.39, 0.29) is 11.8 Å². The molecule has 0 aromatic carbocycles. The lowest BCUT2D eigenvalue weighted by atomic mass is 10.0. The Morgan fingerprint density at radius 1 is 1.04 bits per heavy atom. The molecule has 0 aromatic heterocycles. The van der Waals surface area contributed by atoms with Crippen LogP contribution in [0.5, 0.6) is 0 Å². The van der Waals surface area contributed by atoms with Gasteiger partial charge in [-0.2, -0.15) is 0 Å². The quantitative estimate of drug-likeness (QED) is 0.591. The van der Waals surface area contributed by atoms with Crippen molar-refractivity contribution < 1.29 is 24.2 Å². The van der Waals surface area contributed by atoms with E-state index in [1.54, 1.807) is 4.90 Å². The van der Waals surface area contributed by atoms with Gasteiger partial charge in [-0.15, -0.1) is 0 Å². The molecule has 148 valence electrons. The van der Waals surface area contributed by atoms with Gasteiger partial charge >= 0.3 is 5.97 Å². The van der Waals surface area contributed by atoms with Crippen LogP contribution < -0.4 is 5.32 Å². The Morgan fingerprint density at radius 2 is 1.65 bits per heavy atom. The summed E-state index contributed by atoms with van der Waals surface area (Å²) in [7, 11) is 0. The zero-order valence-electron chi connectivity index (χ0n) is 16.1. The van der Waals surface area contributed by atoms with Gasteiger partial charge in [-0.3, -0.25) is 14.5 Å². The molecule has 0 saturated carbocycles. The van der Waals surface area contributed by atoms with Crippen LogP contribution >= 0.6 is 0 Å². The normalized spacial score (nSPS) is 24.6. The molecule has 0 spiro atoms. The molecule has 2 amide bonds. The largest absolute Gasteiger partial charge is 0.479 e. The molecule has 2 fully saturated rings. The fraction of sp³-hybridized carbons (Fsp3) is 0.833. The number of hydrogen-bond donors (Lipinski definition) is 2. The lowest BCUT2D eigenvalue weighted by Crippen LogP contribution is -2.56. The summed E-state index contributed by atoms with van der Waals surface area (Å²) in [6.07, 6.45) is -1.57. The average Bonchev–Trinajstić information content (AvgIpc) is 3.34. The van der Waals surface area contributed by atoms with E-state index < -0.39 is 30.1 Å². The molecule has 2 N–H and O–H groups in total. The van der Waals surface area contributed by atoms with Crippen molar-refractivity contribution in [1.82, 2.24) is 15.1 Å². The number of hydrogen-bond acceptors (Lipinski definition) is 5. The van der Waals surface area contributed by atoms with Crippen molar-refractivity contribution >= 4 is 17.8 Å². The third kappa shape index (κ3) is 5.67. The van der Waals surface area contributed by atoms with Crippen LogP contribution in [0.25, 0.3) is 0 Å². The van der Waals surface area contributed by atoms with Gasteiger partial charge in [0, 0.05) is 32.7 Å². The van der Waals surface area contributed by atoms with E-state index in [1.807, 2.05) is 13.8 Å². The Morgan fingerprint density at radius 3 is 2.12 bits per heavy atom. The highest BCUT2D eigenvalue weighted by Crippen LogP contribution is 2.23. The Labute approximate surface area is 154 Å². The number of carboxylic acid groups (broad SMARTS) is 1. The van der Waals surface area contributed by atoms with Crippen LogP contribution in [0.4, 0.5) is 0 Å². The molecular formula is C18H31N3O5. The van der Waals surface area contributed by atoms with Crippen LogP contribution in [0.1, 0.15) is 34.1 Å². The molecule has 2 aliphatic heterocycles. The van der Waals surface area contributed by atoms with Gasteiger partial charge < -0.3 is 20.1 Å². The lowest BCUT2D eigenvalue weighted by Gasteiger charge is -2.37. The van der Waals surface area contributed by atoms with E-state index >= 15 is 0 Å². The lowest BCUT2D eigenvalue weighted by molar-refractivity contribution is -0.138. The molecule has 0 bridgehead atoms. The number of carbonyl (C=O) groups is 3. The van der Waals surface area contributed by atoms with Gasteiger partial charge in [0.05, 0.1) is 0 Å². The molecule has 0 unspecified atom stereocenters. The molecule has 2 aliphatic rings. The highest BCUT2D eigenvalue weighted by molar-refractivity contribution is 5.95. The van der Waals surface area contributed by atoms with Crippen LogP contribution in [0.3, 0.4) is 0 Å². The van der Waals surface area contributed by atoms with Gasteiger partial charge in [0.15, 0.2) is 12.2 Å². The van der Waals surface area contributed by atoms with Crippen molar-refractivity contribution in [3.8, 4) is 0 Å². The van der Waals surface area contributed by atoms with Gasteiger partial charge in [0.25, 0.3) is 5.91 Å². The monoisotopic (exact) mass is 369 g/mol. The van der Waals surface area contributed by atoms with Crippen LogP contribution in [0.2, 0.25) is 0 Å². The molecule has 2 heterocycles. The van der Waals surface area contributed by atoms with Crippen LogP contribution in [-0.2, 0) is 19.1 Å². The minimum atomic E-state index is -1.15. The maximum atomic E-state index is 12.9. The van der Waals surface area contributed by atoms with Gasteiger partial charge in [-0.1, -0.05) is 27.7 Å². The molecule has 0 radical (unpaired) electrons. The first-order valence-electron chi connectivity index (χ1n) is 9.38. The van der Waals surface area contributed by atoms with E-state index in [0.717, 1.165) is 19.6 Å². The summed E-state index contributed by atoms with van der Waals surface area (Å²) in [5, 5.41) is 11.6. The average molecular weight is 369 g/mol. The van der Waals surface area contributed by atoms with Crippen molar-refractivity contribution in [2.24, 2.45) is 11.8 Å². The highest BCUT2D eigenvalue weighted by atomic mass is 16.6. The molecule has 3 atom stereocenters. The number of carbonyl (C=O) groups excluding carboxylic acids is 2. The standard InChI is InChI=1S/C18H31N3O5/c1-11(2)9-13(19-16(22)14-15(26-14)18(24)25)17(23)21-7-5-20(6-8-21)10-12(3)4/h11-15H,5-10H2,1-4H3,(H,19,22)(H,24,25)/t13-,14+,15+/m0/s1. The number of epoxide rings is 1. The number of amides is 2. The smallest absolute Gasteiger partial charge is 0.336 e. The fourth-order valence-corrected chi connectivity index (χ4v) is 3.33. The Hall–Kier alpha value is -1.67. The van der Waals surface area contributed by atoms with Crippen molar-refractivity contribution in [3.63, 3.8) is 0 Å². The zero-order valence-corrected chi connectivity index (χ0v) is 16.1. The molecule has 2 rings (SSSR count). The topological polar surface area (TPSA) is 102 Å². The summed E-state index contributed by atoms with van der Waals surface area (Å²) in [4.78, 5) is 40.1. The number of nitrogens with one attached hydrogen (secondary N) is 1. The summed E-state index contributed by atoms with van der Waals surface area (Å²) in [6, 6.07) is -0.641. The minimum Gasteiger partial charge on any atom is -0.479 e. The SMILES string of the molecule is CC(C)C[C@H](NC(=O)[C@@H]1O[C@H]1C(=O)O)C(=O)N1CCN(CC(C)C)CC1. The zero-order chi connectivity index (χ0) is 19.4. The Kier molecular flexibility index (Phi) is 7.00. The molecule has 8 nitrogen and oxygen atoms in total. The first-order valence-corrected chi connectivity index (χ1v) is 9.38. The van der Waals surface area contributed by atoms with Gasteiger partial charge in [0.2, 0.25) is 5.91 Å². The summed E-state index contributed by atoms with van der Waals surface area (Å²) < 4.78 is 4.88. The van der Waals surface area contributed by atoms with Gasteiger partial charge in [0.1, 0.15) is 6.04 Å². The molecule has 0 aromatic rings. The van der Waals surface area contributed by atoms with Crippen LogP contribution in [0.15, 0.2) is 0 Å². The summed E-state index contributed by atoms with van der Waals surface area (Å²) >= 11 is 0. The first kappa shape index (κ1) is 20.6. The van der Waals surface area contributed by atoms with Gasteiger partial charge in [-0.05, 0) is 18.3 Å². The summed E-state index contributed by atoms with van der Waals surface area (Å²) in [5.74, 6) is -0.954. The molecule has 26 heavy (non-hydrogen) atoms. The predicted octanol–water partition coefficient (Wildman–Crippen LogP) is 0.170. The summed E-state index contributed by atoms with van der Waals surface area (Å²) in [5.41, 5.74) is 0. The number of nitrogens with zero attached hydrogens (tertiary/aromatic N) is 2. The van der Waals surface area contributed by atoms with Crippen molar-refractivity contribution in [2.75, 3.05) is 32.7 Å². The first-order chi connectivity index (χ1) is 12.2. The number of rotatable bonds is 8. The maximum absolute atomic E-state index is 12.9. The molecule has 8 heteroatoms. The number of ether oxygens (including phenoxy) is 1. The third-order valence-electron chi connectivity index (χ3n) is 4.62. The second-order valence-corrected chi connectivity index (χ2v) is 8.03. The van der Waals surface area contributed by atoms with Crippen molar-refractivity contribution in [3.05, 3.63) is 0 Å². The van der Waals surface area contributed by atoms with E-state index in [1.165, 1.54) is 0 Å². The Bertz CT molecular complexity index is 529. The van der Waals surface area contributed by atoms with Crippen molar-refractivity contribution in [2.45, 2.75) is 52.4 Å². The predicted molar refractivity (Wildman–Crippen MR) is 95.5 cm³/mol. The van der Waals surface area contributed by atoms with E-state index in [2.05, 4.69) is 24.1 Å². The molecule has 0 aliphatic carbocycles. The highest BCUT2D eigenvalue weighted by Gasteiger charge is 2.51. The maximum Gasteiger partial charge on any atom is 0.336 e. The molecular weight excluding hydrogens is 338 g/mol. The number of carboxylic acids is 1. The fourth-order valence-electron chi connectivity index (χ4n) is 3.33. The number of aliphatic carboxylic acids is 1. The summed E-state index contributed by atoms with van der Waals surface area (Å²) in [6.45, 7) is 12.3. The van der Waals surface area contributed by atoms with E-state index in [9.17, 15) is 14.4 Å². The van der Waals surface area contributed by atoms with Crippen molar-refractivity contribution in [1.29, 1.82) is 0 Å². The second-order valence-electron chi connectivity index (χ2n) is 8.03. The second kappa shape index (κ2) is 8.81. The third-order valence-corrected chi connectivity index (χ3v) is 4.62. The van der Waals surface area contributed by atoms with Crippen LogP contribution in [0, 0.1) is 11.8 Å².